The molecule has 2 aromatic carbocycles. The first-order valence-corrected chi connectivity index (χ1v) is 14.3. The number of rotatable bonds is 9. The summed E-state index contributed by atoms with van der Waals surface area (Å²) in [4.78, 5) is 16.0. The molecule has 0 bridgehead atoms. The fourth-order valence-electron chi connectivity index (χ4n) is 5.46. The Hall–Kier alpha value is -2.71. The van der Waals surface area contributed by atoms with Crippen LogP contribution >= 0.6 is 11.3 Å². The van der Waals surface area contributed by atoms with Crippen molar-refractivity contribution in [3.05, 3.63) is 76.2 Å². The summed E-state index contributed by atoms with van der Waals surface area (Å²) in [6, 6.07) is 20.0. The zero-order chi connectivity index (χ0) is 25.4. The van der Waals surface area contributed by atoms with Crippen LogP contribution in [0, 0.1) is 6.92 Å². The number of hydrogen-bond donors (Lipinski definition) is 5. The van der Waals surface area contributed by atoms with Crippen LogP contribution in [0.15, 0.2) is 54.6 Å². The summed E-state index contributed by atoms with van der Waals surface area (Å²) in [6.45, 7) is 4.76. The molecule has 37 heavy (non-hydrogen) atoms. The monoisotopic (exact) mass is 516 g/mol. The first kappa shape index (κ1) is 24.6. The van der Waals surface area contributed by atoms with Crippen LogP contribution in [0.2, 0.25) is 0 Å². The third-order valence-electron chi connectivity index (χ3n) is 8.07. The van der Waals surface area contributed by atoms with Crippen LogP contribution in [0.4, 0.5) is 5.69 Å². The topological polar surface area (TPSA) is 85.4 Å². The van der Waals surface area contributed by atoms with Gasteiger partial charge in [0.15, 0.2) is 0 Å². The van der Waals surface area contributed by atoms with E-state index in [4.69, 9.17) is 0 Å². The predicted molar refractivity (Wildman–Crippen MR) is 150 cm³/mol. The lowest BCUT2D eigenvalue weighted by atomic mass is 10.00. The molecule has 1 amide bonds. The van der Waals surface area contributed by atoms with Gasteiger partial charge in [-0.05, 0) is 86.1 Å². The van der Waals surface area contributed by atoms with E-state index in [2.05, 4.69) is 63.7 Å². The van der Waals surface area contributed by atoms with Crippen molar-refractivity contribution in [1.82, 2.24) is 16.0 Å². The number of thiophene rings is 1. The van der Waals surface area contributed by atoms with Crippen molar-refractivity contribution >= 4 is 22.9 Å². The summed E-state index contributed by atoms with van der Waals surface area (Å²) in [5.74, 6) is -0.00250. The molecule has 3 aliphatic rings. The molecule has 1 aromatic heterocycles. The van der Waals surface area contributed by atoms with Crippen LogP contribution < -0.4 is 21.3 Å². The van der Waals surface area contributed by atoms with Gasteiger partial charge in [-0.15, -0.1) is 11.3 Å². The average Bonchev–Trinajstić information content (AvgIpc) is 3.29. The van der Waals surface area contributed by atoms with E-state index in [9.17, 15) is 9.90 Å². The van der Waals surface area contributed by atoms with Gasteiger partial charge in [-0.1, -0.05) is 24.3 Å². The largest absolute Gasteiger partial charge is 0.393 e. The van der Waals surface area contributed by atoms with E-state index >= 15 is 0 Å². The second-order valence-electron chi connectivity index (χ2n) is 11.0. The Morgan fingerprint density at radius 2 is 1.95 bits per heavy atom. The van der Waals surface area contributed by atoms with Gasteiger partial charge in [-0.2, -0.15) is 0 Å². The molecule has 1 saturated heterocycles. The number of carbonyl (C=O) groups excluding carboxylic acids is 1. The van der Waals surface area contributed by atoms with Gasteiger partial charge in [0.05, 0.1) is 17.7 Å². The van der Waals surface area contributed by atoms with Crippen molar-refractivity contribution in [3.63, 3.8) is 0 Å². The average molecular weight is 517 g/mol. The lowest BCUT2D eigenvalue weighted by molar-refractivity contribution is 0.0930. The van der Waals surface area contributed by atoms with Crippen molar-refractivity contribution in [3.8, 4) is 10.4 Å². The maximum absolute atomic E-state index is 13.4. The van der Waals surface area contributed by atoms with E-state index in [1.807, 2.05) is 30.4 Å². The summed E-state index contributed by atoms with van der Waals surface area (Å²) in [5, 5.41) is 23.5. The zero-order valence-electron chi connectivity index (χ0n) is 21.3. The lowest BCUT2D eigenvalue weighted by Gasteiger charge is -2.29. The minimum atomic E-state index is -0.286. The van der Waals surface area contributed by atoms with Gasteiger partial charge in [0, 0.05) is 46.7 Å². The minimum absolute atomic E-state index is 0.00250. The van der Waals surface area contributed by atoms with Gasteiger partial charge in [-0.25, -0.2) is 0 Å². The molecule has 1 aliphatic heterocycles. The SMILES string of the molecule is Cc1ccc(NC2CNC2)cc1C(=O)NC1(c2cccc(-c3ccc(CN[C@H]4CC[C@@H](O)C4)s3)c2)CC1. The normalized spacial score (nSPS) is 22.4. The smallest absolute Gasteiger partial charge is 0.252 e. The van der Waals surface area contributed by atoms with E-state index in [1.165, 1.54) is 20.9 Å². The lowest BCUT2D eigenvalue weighted by Crippen LogP contribution is -2.51. The minimum Gasteiger partial charge on any atom is -0.393 e. The maximum atomic E-state index is 13.4. The first-order valence-electron chi connectivity index (χ1n) is 13.5. The van der Waals surface area contributed by atoms with Crippen LogP contribution in [0.1, 0.15) is 58.5 Å². The number of anilines is 1. The van der Waals surface area contributed by atoms with Gasteiger partial charge >= 0.3 is 0 Å². The quantitative estimate of drug-likeness (QED) is 0.289. The van der Waals surface area contributed by atoms with Crippen LogP contribution in [0.3, 0.4) is 0 Å². The Bertz CT molecular complexity index is 1280. The highest BCUT2D eigenvalue weighted by molar-refractivity contribution is 7.15. The van der Waals surface area contributed by atoms with Crippen LogP contribution in [-0.2, 0) is 12.1 Å². The molecule has 2 aliphatic carbocycles. The molecule has 2 saturated carbocycles. The van der Waals surface area contributed by atoms with E-state index < -0.39 is 0 Å². The first-order chi connectivity index (χ1) is 18.0. The van der Waals surface area contributed by atoms with Crippen LogP contribution in [0.5, 0.6) is 0 Å². The summed E-state index contributed by atoms with van der Waals surface area (Å²) >= 11 is 1.81. The standard InChI is InChI=1S/C30H36N4O2S/c1-19-5-6-23(33-24-16-31-17-24)15-27(19)29(36)34-30(11-12-30)21-4-2-3-20(13-21)28-10-9-26(37-28)18-32-22-7-8-25(35)14-22/h2-6,9-10,13,15,22,24-25,31-33,35H,7-8,11-12,14,16-18H2,1H3,(H,34,36)/t22-,25+/m0/s1. The summed E-state index contributed by atoms with van der Waals surface area (Å²) in [5.41, 5.74) is 4.82. The summed E-state index contributed by atoms with van der Waals surface area (Å²) < 4.78 is 0. The van der Waals surface area contributed by atoms with Crippen molar-refractivity contribution in [2.75, 3.05) is 18.4 Å². The predicted octanol–water partition coefficient (Wildman–Crippen LogP) is 4.53. The number of benzene rings is 2. The molecule has 0 spiro atoms. The van der Waals surface area contributed by atoms with Gasteiger partial charge in [-0.3, -0.25) is 4.79 Å². The fraction of sp³-hybridized carbons (Fsp3) is 0.433. The molecule has 6 rings (SSSR count). The highest BCUT2D eigenvalue weighted by atomic mass is 32.1. The van der Waals surface area contributed by atoms with Gasteiger partial charge in [0.25, 0.3) is 5.91 Å². The molecule has 3 fully saturated rings. The highest BCUT2D eigenvalue weighted by Gasteiger charge is 2.46. The molecular weight excluding hydrogens is 480 g/mol. The third kappa shape index (κ3) is 5.46. The Kier molecular flexibility index (Phi) is 6.80. The molecular formula is C30H36N4O2S. The van der Waals surface area contributed by atoms with Crippen molar-refractivity contribution < 1.29 is 9.90 Å². The molecule has 7 heteroatoms. The van der Waals surface area contributed by atoms with Crippen molar-refractivity contribution in [1.29, 1.82) is 0 Å². The molecule has 2 atom stereocenters. The number of carbonyl (C=O) groups is 1. The zero-order valence-corrected chi connectivity index (χ0v) is 22.2. The van der Waals surface area contributed by atoms with E-state index in [0.717, 1.165) is 68.6 Å². The second kappa shape index (κ2) is 10.2. The van der Waals surface area contributed by atoms with Crippen molar-refractivity contribution in [2.24, 2.45) is 0 Å². The molecule has 0 unspecified atom stereocenters. The molecule has 0 radical (unpaired) electrons. The number of nitrogens with one attached hydrogen (secondary N) is 4. The molecule has 6 nitrogen and oxygen atoms in total. The van der Waals surface area contributed by atoms with E-state index in [-0.39, 0.29) is 17.6 Å². The highest BCUT2D eigenvalue weighted by Crippen LogP contribution is 2.47. The van der Waals surface area contributed by atoms with Crippen molar-refractivity contribution in [2.45, 2.75) is 69.3 Å². The van der Waals surface area contributed by atoms with E-state index in [1.54, 1.807) is 0 Å². The van der Waals surface area contributed by atoms with Crippen LogP contribution in [0.25, 0.3) is 10.4 Å². The second-order valence-corrected chi connectivity index (χ2v) is 12.1. The summed E-state index contributed by atoms with van der Waals surface area (Å²) in [6.07, 6.45) is 4.57. The summed E-state index contributed by atoms with van der Waals surface area (Å²) in [7, 11) is 0. The number of aliphatic hydroxyl groups excluding tert-OH is 1. The molecule has 5 N–H and O–H groups in total. The van der Waals surface area contributed by atoms with Gasteiger partial charge < -0.3 is 26.4 Å². The van der Waals surface area contributed by atoms with Crippen LogP contribution in [-0.4, -0.2) is 42.3 Å². The Morgan fingerprint density at radius 3 is 2.68 bits per heavy atom. The molecule has 2 heterocycles. The van der Waals surface area contributed by atoms with Gasteiger partial charge in [0.2, 0.25) is 0 Å². The molecule has 194 valence electrons. The maximum Gasteiger partial charge on any atom is 0.252 e. The Labute approximate surface area is 222 Å². The number of hydrogen-bond acceptors (Lipinski definition) is 6. The fourth-order valence-corrected chi connectivity index (χ4v) is 6.42. The van der Waals surface area contributed by atoms with Gasteiger partial charge in [0.1, 0.15) is 0 Å². The number of amides is 1. The number of aryl methyl sites for hydroxylation is 1. The van der Waals surface area contributed by atoms with E-state index in [0.29, 0.717) is 12.1 Å². The Morgan fingerprint density at radius 1 is 1.08 bits per heavy atom. The Balaban J connectivity index is 1.13. The number of aliphatic hydroxyl groups is 1. The molecule has 3 aromatic rings. The third-order valence-corrected chi connectivity index (χ3v) is 9.20.